The number of aliphatic hydroxyl groups is 3. The van der Waals surface area contributed by atoms with Gasteiger partial charge in [-0.1, -0.05) is 34.6 Å². The first-order valence-corrected chi connectivity index (χ1v) is 16.7. The molecule has 7 heteroatoms. The molecular weight excluding hydrogens is 518 g/mol. The molecule has 13 atom stereocenters. The zero-order valence-electron chi connectivity index (χ0n) is 26.5. The summed E-state index contributed by atoms with van der Waals surface area (Å²) >= 11 is 0. The molecule has 41 heavy (non-hydrogen) atoms. The molecule has 0 bridgehead atoms. The van der Waals surface area contributed by atoms with E-state index in [1.807, 2.05) is 4.90 Å². The van der Waals surface area contributed by atoms with Gasteiger partial charge in [0.25, 0.3) is 0 Å². The third kappa shape index (κ3) is 3.44. The van der Waals surface area contributed by atoms with Crippen LogP contribution < -0.4 is 0 Å². The molecule has 7 rings (SSSR count). The van der Waals surface area contributed by atoms with Gasteiger partial charge in [-0.15, -0.1) is 0 Å². The number of hydrogen-bond acceptors (Lipinski definition) is 6. The first-order chi connectivity index (χ1) is 19.0. The highest BCUT2D eigenvalue weighted by Gasteiger charge is 2.84. The Hall–Kier alpha value is -0.890. The van der Waals surface area contributed by atoms with Crippen LogP contribution in [0.15, 0.2) is 0 Å². The van der Waals surface area contributed by atoms with E-state index < -0.39 is 23.9 Å². The Kier molecular flexibility index (Phi) is 6.08. The van der Waals surface area contributed by atoms with Crippen LogP contribution in [0.25, 0.3) is 0 Å². The van der Waals surface area contributed by atoms with E-state index in [0.717, 1.165) is 51.6 Å². The van der Waals surface area contributed by atoms with Crippen molar-refractivity contribution >= 4 is 6.09 Å². The summed E-state index contributed by atoms with van der Waals surface area (Å²) in [7, 11) is 0. The maximum absolute atomic E-state index is 12.8. The summed E-state index contributed by atoms with van der Waals surface area (Å²) in [6.07, 6.45) is 7.14. The van der Waals surface area contributed by atoms with Crippen molar-refractivity contribution in [1.82, 2.24) is 4.90 Å². The molecule has 2 saturated heterocycles. The highest BCUT2D eigenvalue weighted by molar-refractivity contribution is 5.68. The monoisotopic (exact) mass is 573 g/mol. The van der Waals surface area contributed by atoms with Gasteiger partial charge >= 0.3 is 6.09 Å². The molecule has 0 aromatic heterocycles. The number of carbonyl (C=O) groups is 1. The Morgan fingerprint density at radius 3 is 2.32 bits per heavy atom. The van der Waals surface area contributed by atoms with E-state index in [9.17, 15) is 20.1 Å². The molecule has 7 nitrogen and oxygen atoms in total. The summed E-state index contributed by atoms with van der Waals surface area (Å²) in [6, 6.07) is 0. The van der Waals surface area contributed by atoms with E-state index in [-0.39, 0.29) is 51.3 Å². The topological polar surface area (TPSA) is 99.5 Å². The van der Waals surface area contributed by atoms with E-state index in [2.05, 4.69) is 34.6 Å². The summed E-state index contributed by atoms with van der Waals surface area (Å²) in [5.74, 6) is 1.51. The SMILES string of the molecule is C[C@@H]1CC(C(O)C(C)(C)O)OC2[C@H]1C1(C)CCC34CC35CCC(OC(=O)N3CCC3)C(C)(C)[C@@H]5CCC4[C@]1(C)[C@H]2O. The second-order valence-electron chi connectivity index (χ2n) is 17.4. The molecule has 0 aromatic rings. The molecule has 8 unspecified atom stereocenters. The van der Waals surface area contributed by atoms with Gasteiger partial charge in [-0.3, -0.25) is 0 Å². The number of amides is 1. The average Bonchev–Trinajstić information content (AvgIpc) is 3.48. The molecule has 5 aliphatic carbocycles. The second kappa shape index (κ2) is 8.63. The van der Waals surface area contributed by atoms with Crippen LogP contribution in [0, 0.1) is 50.7 Å². The fourth-order valence-corrected chi connectivity index (χ4v) is 12.9. The van der Waals surface area contributed by atoms with E-state index in [1.165, 1.54) is 12.8 Å². The highest BCUT2D eigenvalue weighted by Crippen LogP contribution is 2.89. The first-order valence-electron chi connectivity index (χ1n) is 16.7. The number of carbonyl (C=O) groups excluding carboxylic acids is 1. The summed E-state index contributed by atoms with van der Waals surface area (Å²) < 4.78 is 12.8. The third-order valence-electron chi connectivity index (χ3n) is 15.2. The normalized spacial score (nSPS) is 54.0. The maximum Gasteiger partial charge on any atom is 0.410 e. The molecule has 7 aliphatic rings. The van der Waals surface area contributed by atoms with Crippen molar-refractivity contribution in [2.75, 3.05) is 13.1 Å². The molecular formula is C34H55NO6. The molecule has 2 heterocycles. The summed E-state index contributed by atoms with van der Waals surface area (Å²) in [5, 5.41) is 33.9. The second-order valence-corrected chi connectivity index (χ2v) is 17.4. The number of rotatable bonds is 3. The lowest BCUT2D eigenvalue weighted by Crippen LogP contribution is -2.60. The Morgan fingerprint density at radius 2 is 1.68 bits per heavy atom. The van der Waals surface area contributed by atoms with Gasteiger partial charge in [-0.05, 0) is 112 Å². The number of fused-ring (bicyclic) bond motifs is 4. The van der Waals surface area contributed by atoms with Gasteiger partial charge in [-0.2, -0.15) is 0 Å². The van der Waals surface area contributed by atoms with Crippen LogP contribution in [0.5, 0.6) is 0 Å². The van der Waals surface area contributed by atoms with Gasteiger partial charge < -0.3 is 29.7 Å². The number of aliphatic hydroxyl groups excluding tert-OH is 2. The zero-order valence-corrected chi connectivity index (χ0v) is 26.5. The maximum atomic E-state index is 12.8. The molecule has 2 spiro atoms. The average molecular weight is 574 g/mol. The van der Waals surface area contributed by atoms with Crippen LogP contribution >= 0.6 is 0 Å². The summed E-state index contributed by atoms with van der Waals surface area (Å²) in [4.78, 5) is 14.6. The Morgan fingerprint density at radius 1 is 1.02 bits per heavy atom. The summed E-state index contributed by atoms with van der Waals surface area (Å²) in [5.41, 5.74) is -1.08. The quantitative estimate of drug-likeness (QED) is 0.432. The lowest BCUT2D eigenvalue weighted by Gasteiger charge is -2.63. The fraction of sp³-hybridized carbons (Fsp3) is 0.971. The smallest absolute Gasteiger partial charge is 0.410 e. The van der Waals surface area contributed by atoms with Crippen molar-refractivity contribution in [3.05, 3.63) is 0 Å². The van der Waals surface area contributed by atoms with Crippen LogP contribution in [0.3, 0.4) is 0 Å². The predicted molar refractivity (Wildman–Crippen MR) is 155 cm³/mol. The van der Waals surface area contributed by atoms with Crippen LogP contribution in [-0.2, 0) is 9.47 Å². The lowest BCUT2D eigenvalue weighted by atomic mass is 9.41. The predicted octanol–water partition coefficient (Wildman–Crippen LogP) is 5.14. The number of nitrogens with zero attached hydrogens (tertiary/aromatic N) is 1. The van der Waals surface area contributed by atoms with Gasteiger partial charge in [-0.25, -0.2) is 4.79 Å². The molecule has 0 radical (unpaired) electrons. The molecule has 232 valence electrons. The Bertz CT molecular complexity index is 1100. The van der Waals surface area contributed by atoms with Crippen molar-refractivity contribution in [3.8, 4) is 0 Å². The standard InChI is InChI=1S/C34H55NO6/c1-19-17-20(26(36)30(4,5)39)40-25-24(19)31(6)13-14-34-18-33(34)12-11-23(41-28(38)35-15-8-16-35)29(2,3)21(33)9-10-22(34)32(31,7)27(25)37/h19-27,36-37,39H,8-18H2,1-7H3/t19-,20?,21+,22?,23?,24+,25?,26?,27+,31?,32-,33?,34?/m1/s1. The third-order valence-corrected chi connectivity index (χ3v) is 15.2. The molecule has 1 amide bonds. The summed E-state index contributed by atoms with van der Waals surface area (Å²) in [6.45, 7) is 16.8. The van der Waals surface area contributed by atoms with Gasteiger partial charge in [0.15, 0.2) is 0 Å². The largest absolute Gasteiger partial charge is 0.446 e. The van der Waals surface area contributed by atoms with Crippen LogP contribution in [-0.4, -0.2) is 75.5 Å². The van der Waals surface area contributed by atoms with Crippen molar-refractivity contribution in [2.45, 2.75) is 142 Å². The van der Waals surface area contributed by atoms with Crippen LogP contribution in [0.2, 0.25) is 0 Å². The fourth-order valence-electron chi connectivity index (χ4n) is 12.9. The van der Waals surface area contributed by atoms with Gasteiger partial charge in [0, 0.05) is 23.9 Å². The van der Waals surface area contributed by atoms with Crippen LogP contribution in [0.1, 0.15) is 106 Å². The molecule has 3 N–H and O–H groups in total. The molecule has 2 aliphatic heterocycles. The number of ether oxygens (including phenoxy) is 2. The minimum atomic E-state index is -1.25. The highest BCUT2D eigenvalue weighted by atomic mass is 16.6. The van der Waals surface area contributed by atoms with Crippen molar-refractivity contribution in [1.29, 1.82) is 0 Å². The van der Waals surface area contributed by atoms with Gasteiger partial charge in [0.2, 0.25) is 0 Å². The van der Waals surface area contributed by atoms with E-state index in [0.29, 0.717) is 24.2 Å². The Balaban J connectivity index is 1.17. The molecule has 5 saturated carbocycles. The van der Waals surface area contributed by atoms with Crippen molar-refractivity contribution in [2.24, 2.45) is 50.7 Å². The van der Waals surface area contributed by atoms with E-state index in [4.69, 9.17) is 9.47 Å². The number of hydrogen-bond donors (Lipinski definition) is 3. The zero-order chi connectivity index (χ0) is 29.5. The van der Waals surface area contributed by atoms with Gasteiger partial charge in [0.05, 0.1) is 23.9 Å². The lowest BCUT2D eigenvalue weighted by molar-refractivity contribution is -0.202. The number of likely N-dealkylation sites (tertiary alicyclic amines) is 1. The van der Waals surface area contributed by atoms with E-state index >= 15 is 0 Å². The molecule has 0 aromatic carbocycles. The van der Waals surface area contributed by atoms with Crippen molar-refractivity contribution < 1.29 is 29.6 Å². The van der Waals surface area contributed by atoms with Crippen LogP contribution in [0.4, 0.5) is 4.79 Å². The minimum absolute atomic E-state index is 0.0294. The van der Waals surface area contributed by atoms with E-state index in [1.54, 1.807) is 13.8 Å². The first kappa shape index (κ1) is 28.9. The van der Waals surface area contributed by atoms with Crippen molar-refractivity contribution in [3.63, 3.8) is 0 Å². The molecule has 7 fully saturated rings. The van der Waals surface area contributed by atoms with Gasteiger partial charge in [0.1, 0.15) is 12.2 Å². The minimum Gasteiger partial charge on any atom is -0.446 e. The Labute approximate surface area is 246 Å².